The number of imidazole rings is 1. The first-order valence-electron chi connectivity index (χ1n) is 5.15. The summed E-state index contributed by atoms with van der Waals surface area (Å²) in [5.41, 5.74) is 0. The van der Waals surface area contributed by atoms with Gasteiger partial charge in [0.1, 0.15) is 5.82 Å². The molecule has 1 aromatic heterocycles. The second-order valence-electron chi connectivity index (χ2n) is 3.62. The lowest BCUT2D eigenvalue weighted by atomic mass is 10.2. The number of aromatic nitrogens is 2. The molecule has 0 saturated carbocycles. The van der Waals surface area contributed by atoms with Crippen LogP contribution in [0.5, 0.6) is 0 Å². The SMILES string of the molecule is CCCC(O)CNS(=O)(=O)c1c[nH]c(C)n1. The molecule has 1 atom stereocenters. The molecule has 0 amide bonds. The molecule has 1 aromatic rings. The summed E-state index contributed by atoms with van der Waals surface area (Å²) in [5.74, 6) is 0.537. The highest BCUT2D eigenvalue weighted by Gasteiger charge is 2.18. The van der Waals surface area contributed by atoms with Crippen LogP contribution < -0.4 is 4.72 Å². The van der Waals surface area contributed by atoms with Crippen molar-refractivity contribution in [3.63, 3.8) is 0 Å². The van der Waals surface area contributed by atoms with Gasteiger partial charge in [-0.05, 0) is 13.3 Å². The Bertz CT molecular complexity index is 427. The van der Waals surface area contributed by atoms with Crippen LogP contribution in [-0.4, -0.2) is 36.1 Å². The summed E-state index contributed by atoms with van der Waals surface area (Å²) in [7, 11) is -3.61. The van der Waals surface area contributed by atoms with E-state index in [9.17, 15) is 13.5 Å². The van der Waals surface area contributed by atoms with Crippen molar-refractivity contribution < 1.29 is 13.5 Å². The topological polar surface area (TPSA) is 95.1 Å². The maximum atomic E-state index is 11.6. The molecule has 6 nitrogen and oxygen atoms in total. The molecule has 0 spiro atoms. The Morgan fingerprint density at radius 2 is 2.31 bits per heavy atom. The van der Waals surface area contributed by atoms with Crippen molar-refractivity contribution in [3.05, 3.63) is 12.0 Å². The van der Waals surface area contributed by atoms with E-state index >= 15 is 0 Å². The highest BCUT2D eigenvalue weighted by Crippen LogP contribution is 2.05. The van der Waals surface area contributed by atoms with Crippen LogP contribution in [0.15, 0.2) is 11.2 Å². The summed E-state index contributed by atoms with van der Waals surface area (Å²) in [6.07, 6.45) is 2.05. The zero-order valence-electron chi connectivity index (χ0n) is 9.40. The molecular weight excluding hydrogens is 230 g/mol. The lowest BCUT2D eigenvalue weighted by molar-refractivity contribution is 0.167. The van der Waals surface area contributed by atoms with E-state index in [1.165, 1.54) is 6.20 Å². The zero-order chi connectivity index (χ0) is 12.2. The van der Waals surface area contributed by atoms with Crippen molar-refractivity contribution >= 4 is 10.0 Å². The summed E-state index contributed by atoms with van der Waals surface area (Å²) in [4.78, 5) is 6.51. The fourth-order valence-corrected chi connectivity index (χ4v) is 2.28. The normalized spacial score (nSPS) is 13.9. The first-order chi connectivity index (χ1) is 7.45. The van der Waals surface area contributed by atoms with Crippen LogP contribution in [-0.2, 0) is 10.0 Å². The lowest BCUT2D eigenvalue weighted by Gasteiger charge is -2.09. The van der Waals surface area contributed by atoms with Gasteiger partial charge in [0.25, 0.3) is 10.0 Å². The maximum absolute atomic E-state index is 11.6. The van der Waals surface area contributed by atoms with Crippen molar-refractivity contribution in [1.82, 2.24) is 14.7 Å². The minimum Gasteiger partial charge on any atom is -0.392 e. The minimum atomic E-state index is -3.61. The number of nitrogens with zero attached hydrogens (tertiary/aromatic N) is 1. The number of rotatable bonds is 6. The molecule has 0 bridgehead atoms. The van der Waals surface area contributed by atoms with Crippen molar-refractivity contribution in [2.45, 2.75) is 37.8 Å². The Morgan fingerprint density at radius 3 is 2.81 bits per heavy atom. The van der Waals surface area contributed by atoms with Gasteiger partial charge in [0.05, 0.1) is 6.10 Å². The van der Waals surface area contributed by atoms with E-state index in [-0.39, 0.29) is 11.6 Å². The number of aliphatic hydroxyl groups is 1. The maximum Gasteiger partial charge on any atom is 0.259 e. The van der Waals surface area contributed by atoms with Crippen LogP contribution in [0.1, 0.15) is 25.6 Å². The van der Waals surface area contributed by atoms with Crippen molar-refractivity contribution in [2.24, 2.45) is 0 Å². The number of aliphatic hydroxyl groups excluding tert-OH is 1. The number of hydrogen-bond acceptors (Lipinski definition) is 4. The standard InChI is InChI=1S/C9H17N3O3S/c1-3-4-8(13)5-11-16(14,15)9-6-10-7(2)12-9/h6,8,11,13H,3-5H2,1-2H3,(H,10,12). The highest BCUT2D eigenvalue weighted by atomic mass is 32.2. The van der Waals surface area contributed by atoms with Gasteiger partial charge in [0, 0.05) is 12.7 Å². The monoisotopic (exact) mass is 247 g/mol. The van der Waals surface area contributed by atoms with Crippen molar-refractivity contribution in [3.8, 4) is 0 Å². The molecule has 7 heteroatoms. The smallest absolute Gasteiger partial charge is 0.259 e. The minimum absolute atomic E-state index is 0.0160. The fourth-order valence-electron chi connectivity index (χ4n) is 1.25. The van der Waals surface area contributed by atoms with Gasteiger partial charge in [-0.2, -0.15) is 0 Å². The molecule has 3 N–H and O–H groups in total. The predicted molar refractivity (Wildman–Crippen MR) is 59.4 cm³/mol. The van der Waals surface area contributed by atoms with Crippen molar-refractivity contribution in [2.75, 3.05) is 6.54 Å². The average molecular weight is 247 g/mol. The Balaban J connectivity index is 2.59. The van der Waals surface area contributed by atoms with Gasteiger partial charge in [-0.25, -0.2) is 18.1 Å². The molecule has 0 aromatic carbocycles. The van der Waals surface area contributed by atoms with Crippen LogP contribution in [0.3, 0.4) is 0 Å². The molecule has 0 saturated heterocycles. The van der Waals surface area contributed by atoms with E-state index in [1.807, 2.05) is 6.92 Å². The molecule has 0 fully saturated rings. The van der Waals surface area contributed by atoms with E-state index in [0.29, 0.717) is 12.2 Å². The third-order valence-electron chi connectivity index (χ3n) is 2.09. The molecular formula is C9H17N3O3S. The van der Waals surface area contributed by atoms with Gasteiger partial charge < -0.3 is 10.1 Å². The molecule has 0 aliphatic carbocycles. The summed E-state index contributed by atoms with van der Waals surface area (Å²) in [5, 5.41) is 9.36. The van der Waals surface area contributed by atoms with E-state index in [2.05, 4.69) is 14.7 Å². The van der Waals surface area contributed by atoms with Gasteiger partial charge in [-0.3, -0.25) is 0 Å². The third kappa shape index (κ3) is 3.58. The lowest BCUT2D eigenvalue weighted by Crippen LogP contribution is -2.32. The summed E-state index contributed by atoms with van der Waals surface area (Å²) >= 11 is 0. The van der Waals surface area contributed by atoms with Crippen LogP contribution in [0.4, 0.5) is 0 Å². The molecule has 0 aliphatic rings. The Kier molecular flexibility index (Phi) is 4.45. The summed E-state index contributed by atoms with van der Waals surface area (Å²) in [6.45, 7) is 3.61. The Labute approximate surface area is 95.2 Å². The van der Waals surface area contributed by atoms with Crippen LogP contribution in [0.25, 0.3) is 0 Å². The second-order valence-corrected chi connectivity index (χ2v) is 5.33. The highest BCUT2D eigenvalue weighted by molar-refractivity contribution is 7.89. The van der Waals surface area contributed by atoms with Crippen LogP contribution in [0.2, 0.25) is 0 Å². The first kappa shape index (κ1) is 13.1. The largest absolute Gasteiger partial charge is 0.392 e. The van der Waals surface area contributed by atoms with E-state index in [4.69, 9.17) is 0 Å². The summed E-state index contributed by atoms with van der Waals surface area (Å²) in [6, 6.07) is 0. The Morgan fingerprint density at radius 1 is 1.62 bits per heavy atom. The second kappa shape index (κ2) is 5.42. The molecule has 1 heterocycles. The number of sulfonamides is 1. The molecule has 92 valence electrons. The number of H-pyrrole nitrogens is 1. The van der Waals surface area contributed by atoms with Gasteiger partial charge in [0.15, 0.2) is 5.03 Å². The number of nitrogens with one attached hydrogen (secondary N) is 2. The molecule has 1 unspecified atom stereocenters. The Hall–Kier alpha value is -0.920. The van der Waals surface area contributed by atoms with E-state index < -0.39 is 16.1 Å². The van der Waals surface area contributed by atoms with Crippen LogP contribution >= 0.6 is 0 Å². The molecule has 1 rings (SSSR count). The fraction of sp³-hybridized carbons (Fsp3) is 0.667. The number of aromatic amines is 1. The third-order valence-corrected chi connectivity index (χ3v) is 3.40. The summed E-state index contributed by atoms with van der Waals surface area (Å²) < 4.78 is 25.6. The van der Waals surface area contributed by atoms with Gasteiger partial charge >= 0.3 is 0 Å². The number of hydrogen-bond donors (Lipinski definition) is 3. The predicted octanol–water partition coefficient (Wildman–Crippen LogP) is 0.157. The van der Waals surface area contributed by atoms with Gasteiger partial charge in [-0.1, -0.05) is 13.3 Å². The van der Waals surface area contributed by atoms with Crippen LogP contribution in [0, 0.1) is 6.92 Å². The molecule has 16 heavy (non-hydrogen) atoms. The van der Waals surface area contributed by atoms with Crippen molar-refractivity contribution in [1.29, 1.82) is 0 Å². The molecule has 0 aliphatic heterocycles. The molecule has 0 radical (unpaired) electrons. The van der Waals surface area contributed by atoms with Gasteiger partial charge in [-0.15, -0.1) is 0 Å². The zero-order valence-corrected chi connectivity index (χ0v) is 10.2. The first-order valence-corrected chi connectivity index (χ1v) is 6.63. The van der Waals surface area contributed by atoms with E-state index in [1.54, 1.807) is 6.92 Å². The number of aryl methyl sites for hydroxylation is 1. The quantitative estimate of drug-likeness (QED) is 0.667. The van der Waals surface area contributed by atoms with E-state index in [0.717, 1.165) is 6.42 Å². The van der Waals surface area contributed by atoms with Gasteiger partial charge in [0.2, 0.25) is 0 Å². The average Bonchev–Trinajstić information content (AvgIpc) is 2.63.